The van der Waals surface area contributed by atoms with E-state index in [2.05, 4.69) is 15.3 Å². The normalized spacial score (nSPS) is 11.9. The van der Waals surface area contributed by atoms with Crippen LogP contribution in [0.3, 0.4) is 0 Å². The average Bonchev–Trinajstić information content (AvgIpc) is 2.33. The summed E-state index contributed by atoms with van der Waals surface area (Å²) in [4.78, 5) is 18.9. The molecule has 2 N–H and O–H groups in total. The second kappa shape index (κ2) is 7.52. The van der Waals surface area contributed by atoms with Crippen LogP contribution < -0.4 is 10.1 Å². The fourth-order valence-corrected chi connectivity index (χ4v) is 1.50. The average molecular weight is 269 g/mol. The van der Waals surface area contributed by atoms with Crippen LogP contribution in [0.4, 0.5) is 5.82 Å². The molecular formula is C12H19N3O4. The van der Waals surface area contributed by atoms with Crippen LogP contribution in [-0.4, -0.2) is 47.4 Å². The third-order valence-corrected chi connectivity index (χ3v) is 2.35. The van der Waals surface area contributed by atoms with Crippen molar-refractivity contribution in [1.29, 1.82) is 0 Å². The van der Waals surface area contributed by atoms with Gasteiger partial charge >= 0.3 is 5.97 Å². The van der Waals surface area contributed by atoms with Crippen LogP contribution in [0.1, 0.15) is 19.2 Å². The third kappa shape index (κ3) is 5.52. The SMILES string of the molecule is CCOc1cc(NCC(CC(=O)O)OC)nc(C)n1. The highest BCUT2D eigenvalue weighted by molar-refractivity contribution is 5.67. The van der Waals surface area contributed by atoms with Gasteiger partial charge in [-0.2, -0.15) is 4.98 Å². The standard InChI is InChI=1S/C12H19N3O4/c1-4-19-11-6-10(14-8(2)15-11)13-7-9(18-3)5-12(16)17/h6,9H,4-5,7H2,1-3H3,(H,16,17)(H,13,14,15). The Labute approximate surface area is 112 Å². The number of anilines is 1. The van der Waals surface area contributed by atoms with Crippen LogP contribution in [0.15, 0.2) is 6.07 Å². The van der Waals surface area contributed by atoms with Gasteiger partial charge in [0.05, 0.1) is 19.1 Å². The van der Waals surface area contributed by atoms with E-state index in [-0.39, 0.29) is 6.42 Å². The summed E-state index contributed by atoms with van der Waals surface area (Å²) in [6, 6.07) is 1.67. The van der Waals surface area contributed by atoms with Crippen LogP contribution in [0.2, 0.25) is 0 Å². The number of hydrogen-bond acceptors (Lipinski definition) is 6. The summed E-state index contributed by atoms with van der Waals surface area (Å²) in [7, 11) is 1.48. The molecule has 0 saturated heterocycles. The fraction of sp³-hybridized carbons (Fsp3) is 0.583. The van der Waals surface area contributed by atoms with Crippen molar-refractivity contribution in [1.82, 2.24) is 9.97 Å². The molecule has 0 aliphatic rings. The molecule has 0 aliphatic heterocycles. The number of aromatic nitrogens is 2. The Hall–Kier alpha value is -1.89. The molecule has 1 aromatic rings. The van der Waals surface area contributed by atoms with E-state index in [0.717, 1.165) is 0 Å². The second-order valence-corrected chi connectivity index (χ2v) is 3.91. The molecule has 0 saturated carbocycles. The highest BCUT2D eigenvalue weighted by Gasteiger charge is 2.12. The highest BCUT2D eigenvalue weighted by Crippen LogP contribution is 2.13. The van der Waals surface area contributed by atoms with E-state index < -0.39 is 12.1 Å². The number of carboxylic acids is 1. The molecule has 19 heavy (non-hydrogen) atoms. The Morgan fingerprint density at radius 3 is 2.84 bits per heavy atom. The molecule has 0 aromatic carbocycles. The summed E-state index contributed by atoms with van der Waals surface area (Å²) < 4.78 is 10.4. The Kier molecular flexibility index (Phi) is 6.01. The minimum absolute atomic E-state index is 0.0636. The maximum atomic E-state index is 10.6. The first-order valence-electron chi connectivity index (χ1n) is 6.02. The number of nitrogens with zero attached hydrogens (tertiary/aromatic N) is 2. The number of carboxylic acid groups (broad SMARTS) is 1. The minimum Gasteiger partial charge on any atom is -0.481 e. The Morgan fingerprint density at radius 1 is 1.53 bits per heavy atom. The predicted octanol–water partition coefficient (Wildman–Crippen LogP) is 1.09. The number of ether oxygens (including phenoxy) is 2. The van der Waals surface area contributed by atoms with Crippen LogP contribution >= 0.6 is 0 Å². The third-order valence-electron chi connectivity index (χ3n) is 2.35. The van der Waals surface area contributed by atoms with E-state index >= 15 is 0 Å². The molecule has 106 valence electrons. The maximum Gasteiger partial charge on any atom is 0.306 e. The molecule has 0 spiro atoms. The zero-order valence-electron chi connectivity index (χ0n) is 11.3. The van der Waals surface area contributed by atoms with Crippen LogP contribution in [0.5, 0.6) is 5.88 Å². The number of hydrogen-bond donors (Lipinski definition) is 2. The second-order valence-electron chi connectivity index (χ2n) is 3.91. The smallest absolute Gasteiger partial charge is 0.306 e. The maximum absolute atomic E-state index is 10.6. The molecule has 0 fully saturated rings. The molecule has 1 atom stereocenters. The van der Waals surface area contributed by atoms with Gasteiger partial charge in [-0.25, -0.2) is 4.98 Å². The number of aliphatic carboxylic acids is 1. The van der Waals surface area contributed by atoms with Gasteiger partial charge in [-0.05, 0) is 13.8 Å². The van der Waals surface area contributed by atoms with Gasteiger partial charge in [0.1, 0.15) is 11.6 Å². The summed E-state index contributed by atoms with van der Waals surface area (Å²) >= 11 is 0. The van der Waals surface area contributed by atoms with Gasteiger partial charge in [-0.1, -0.05) is 0 Å². The van der Waals surface area contributed by atoms with Gasteiger partial charge in [0.25, 0.3) is 0 Å². The van der Waals surface area contributed by atoms with Gasteiger partial charge in [0.2, 0.25) is 5.88 Å². The first-order valence-corrected chi connectivity index (χ1v) is 6.02. The minimum atomic E-state index is -0.900. The van der Waals surface area contributed by atoms with Crippen LogP contribution in [0.25, 0.3) is 0 Å². The van der Waals surface area contributed by atoms with Crippen molar-refractivity contribution < 1.29 is 19.4 Å². The van der Waals surface area contributed by atoms with Crippen molar-refractivity contribution in [2.24, 2.45) is 0 Å². The first-order chi connectivity index (χ1) is 9.05. The summed E-state index contributed by atoms with van der Waals surface area (Å²) in [5, 5.41) is 11.7. The summed E-state index contributed by atoms with van der Waals surface area (Å²) in [6.07, 6.45) is -0.477. The van der Waals surface area contributed by atoms with Crippen LogP contribution in [-0.2, 0) is 9.53 Å². The molecule has 0 bridgehead atoms. The molecule has 0 aliphatic carbocycles. The van der Waals surface area contributed by atoms with Crippen molar-refractivity contribution in [2.75, 3.05) is 25.6 Å². The zero-order chi connectivity index (χ0) is 14.3. The first kappa shape index (κ1) is 15.2. The molecule has 7 heteroatoms. The molecule has 1 unspecified atom stereocenters. The summed E-state index contributed by atoms with van der Waals surface area (Å²) in [5.74, 6) is 0.760. The van der Waals surface area contributed by atoms with E-state index in [1.165, 1.54) is 7.11 Å². The van der Waals surface area contributed by atoms with Crippen molar-refractivity contribution in [3.8, 4) is 5.88 Å². The Morgan fingerprint density at radius 2 is 2.26 bits per heavy atom. The van der Waals surface area contributed by atoms with Crippen molar-refractivity contribution in [2.45, 2.75) is 26.4 Å². The quantitative estimate of drug-likeness (QED) is 0.729. The molecule has 1 rings (SSSR count). The van der Waals surface area contributed by atoms with Crippen molar-refractivity contribution in [3.63, 3.8) is 0 Å². The van der Waals surface area contributed by atoms with E-state index in [1.54, 1.807) is 13.0 Å². The molecule has 1 aromatic heterocycles. The van der Waals surface area contributed by atoms with Gasteiger partial charge in [-0.15, -0.1) is 0 Å². The van der Waals surface area contributed by atoms with E-state index in [0.29, 0.717) is 30.7 Å². The van der Waals surface area contributed by atoms with Crippen LogP contribution in [0, 0.1) is 6.92 Å². The predicted molar refractivity (Wildman–Crippen MR) is 69.5 cm³/mol. The molecule has 7 nitrogen and oxygen atoms in total. The number of carbonyl (C=O) groups is 1. The number of nitrogens with one attached hydrogen (secondary N) is 1. The monoisotopic (exact) mass is 269 g/mol. The van der Waals surface area contributed by atoms with Gasteiger partial charge < -0.3 is 19.9 Å². The summed E-state index contributed by atoms with van der Waals surface area (Å²) in [6.45, 7) is 4.51. The van der Waals surface area contributed by atoms with E-state index in [1.807, 2.05) is 6.92 Å². The number of rotatable bonds is 8. The van der Waals surface area contributed by atoms with Gasteiger partial charge in [0.15, 0.2) is 0 Å². The van der Waals surface area contributed by atoms with E-state index in [9.17, 15) is 4.79 Å². The lowest BCUT2D eigenvalue weighted by Gasteiger charge is -2.15. The fourth-order valence-electron chi connectivity index (χ4n) is 1.50. The van der Waals surface area contributed by atoms with Crippen molar-refractivity contribution in [3.05, 3.63) is 11.9 Å². The highest BCUT2D eigenvalue weighted by atomic mass is 16.5. The lowest BCUT2D eigenvalue weighted by Crippen LogP contribution is -2.25. The number of aryl methyl sites for hydroxylation is 1. The molecule has 1 heterocycles. The zero-order valence-corrected chi connectivity index (χ0v) is 11.3. The Bertz CT molecular complexity index is 425. The molecule has 0 radical (unpaired) electrons. The van der Waals surface area contributed by atoms with Gasteiger partial charge in [0, 0.05) is 19.7 Å². The van der Waals surface area contributed by atoms with E-state index in [4.69, 9.17) is 14.6 Å². The van der Waals surface area contributed by atoms with Gasteiger partial charge in [-0.3, -0.25) is 4.79 Å². The molecular weight excluding hydrogens is 250 g/mol. The molecule has 0 amide bonds. The lowest BCUT2D eigenvalue weighted by molar-refractivity contribution is -0.139. The van der Waals surface area contributed by atoms with Crippen molar-refractivity contribution >= 4 is 11.8 Å². The summed E-state index contributed by atoms with van der Waals surface area (Å²) in [5.41, 5.74) is 0. The number of methoxy groups -OCH3 is 1. The largest absolute Gasteiger partial charge is 0.481 e. The topological polar surface area (TPSA) is 93.6 Å². The lowest BCUT2D eigenvalue weighted by atomic mass is 10.2. The Balaban J connectivity index is 2.63.